The van der Waals surface area contributed by atoms with Gasteiger partial charge in [0.05, 0.1) is 0 Å². The number of benzene rings is 1. The van der Waals surface area contributed by atoms with E-state index in [2.05, 4.69) is 12.1 Å². The summed E-state index contributed by atoms with van der Waals surface area (Å²) in [5.74, 6) is 0. The van der Waals surface area contributed by atoms with Gasteiger partial charge < -0.3 is 0 Å². The third kappa shape index (κ3) is 4.35. The minimum absolute atomic E-state index is 0.0276. The molecule has 0 saturated heterocycles. The molecule has 0 amide bonds. The van der Waals surface area contributed by atoms with Crippen LogP contribution in [0.4, 0.5) is 0 Å². The second kappa shape index (κ2) is 7.02. The number of aliphatic hydroxyl groups excluding tert-OH is 2. The van der Waals surface area contributed by atoms with Crippen LogP contribution >= 0.6 is 0 Å². The minimum atomic E-state index is -0.361. The van der Waals surface area contributed by atoms with Crippen LogP contribution in [0.1, 0.15) is 19.8 Å². The van der Waals surface area contributed by atoms with Crippen molar-refractivity contribution < 1.29 is 10.2 Å². The van der Waals surface area contributed by atoms with Gasteiger partial charge in [0.1, 0.15) is 0 Å². The fraction of sp³-hybridized carbons (Fsp3) is 0.500. The topological polar surface area (TPSA) is 40.5 Å². The SMILES string of the molecule is CCC[C@H](O)[C@@H](CO)[Se]c1ccccc1. The van der Waals surface area contributed by atoms with Gasteiger partial charge in [-0.2, -0.15) is 0 Å². The normalized spacial score (nSPS) is 14.9. The predicted octanol–water partition coefficient (Wildman–Crippen LogP) is 0.958. The first-order valence-electron chi connectivity index (χ1n) is 5.28. The summed E-state index contributed by atoms with van der Waals surface area (Å²) in [6.07, 6.45) is 1.38. The molecule has 0 radical (unpaired) electrons. The molecular weight excluding hydrogens is 255 g/mol. The van der Waals surface area contributed by atoms with Gasteiger partial charge >= 0.3 is 97.3 Å². The molecule has 0 aliphatic rings. The van der Waals surface area contributed by atoms with Crippen LogP contribution < -0.4 is 4.46 Å². The molecule has 0 saturated carbocycles. The van der Waals surface area contributed by atoms with Crippen molar-refractivity contribution in [1.29, 1.82) is 0 Å². The zero-order chi connectivity index (χ0) is 11.1. The van der Waals surface area contributed by atoms with Crippen LogP contribution in [0.3, 0.4) is 0 Å². The van der Waals surface area contributed by atoms with Crippen molar-refractivity contribution in [2.75, 3.05) is 6.61 Å². The average Bonchev–Trinajstić information content (AvgIpc) is 2.27. The molecule has 2 nitrogen and oxygen atoms in total. The Bertz CT molecular complexity index is 264. The maximum absolute atomic E-state index is 9.83. The van der Waals surface area contributed by atoms with Gasteiger partial charge in [0, 0.05) is 0 Å². The van der Waals surface area contributed by atoms with Crippen LogP contribution in [0.15, 0.2) is 30.3 Å². The molecule has 0 heterocycles. The van der Waals surface area contributed by atoms with E-state index in [0.29, 0.717) is 0 Å². The van der Waals surface area contributed by atoms with Crippen molar-refractivity contribution in [2.45, 2.75) is 30.7 Å². The van der Waals surface area contributed by atoms with E-state index < -0.39 is 0 Å². The van der Waals surface area contributed by atoms with E-state index in [1.807, 2.05) is 25.1 Å². The van der Waals surface area contributed by atoms with E-state index in [1.165, 1.54) is 4.46 Å². The standard InChI is InChI=1S/C12H18O2Se/c1-2-6-11(14)12(9-13)15-10-7-4-3-5-8-10/h3-5,7-8,11-14H,2,6,9H2,1H3/t11-,12+/m0/s1. The van der Waals surface area contributed by atoms with Crippen molar-refractivity contribution in [3.63, 3.8) is 0 Å². The van der Waals surface area contributed by atoms with E-state index in [4.69, 9.17) is 0 Å². The molecule has 0 fully saturated rings. The van der Waals surface area contributed by atoms with Gasteiger partial charge in [-0.15, -0.1) is 0 Å². The molecule has 0 aromatic heterocycles. The van der Waals surface area contributed by atoms with Crippen molar-refractivity contribution in [3.8, 4) is 0 Å². The Morgan fingerprint density at radius 1 is 1.27 bits per heavy atom. The molecule has 84 valence electrons. The molecule has 0 aliphatic carbocycles. The molecule has 2 N–H and O–H groups in total. The number of hydrogen-bond acceptors (Lipinski definition) is 2. The Morgan fingerprint density at radius 3 is 2.47 bits per heavy atom. The van der Waals surface area contributed by atoms with E-state index in [0.717, 1.165) is 12.8 Å². The van der Waals surface area contributed by atoms with Crippen LogP contribution in [0, 0.1) is 0 Å². The zero-order valence-corrected chi connectivity index (χ0v) is 10.7. The third-order valence-electron chi connectivity index (χ3n) is 2.22. The Hall–Kier alpha value is -0.341. The van der Waals surface area contributed by atoms with Crippen LogP contribution in [0.5, 0.6) is 0 Å². The molecule has 15 heavy (non-hydrogen) atoms. The Balaban J connectivity index is 2.53. The second-order valence-electron chi connectivity index (χ2n) is 3.51. The number of rotatable bonds is 6. The molecule has 1 aromatic rings. The van der Waals surface area contributed by atoms with Gasteiger partial charge in [0.25, 0.3) is 0 Å². The molecule has 1 aromatic carbocycles. The monoisotopic (exact) mass is 274 g/mol. The quantitative estimate of drug-likeness (QED) is 0.758. The van der Waals surface area contributed by atoms with Crippen molar-refractivity contribution >= 4 is 19.4 Å². The van der Waals surface area contributed by atoms with E-state index in [-0.39, 0.29) is 32.5 Å². The number of hydrogen-bond donors (Lipinski definition) is 2. The summed E-state index contributed by atoms with van der Waals surface area (Å²) in [4.78, 5) is 0.0276. The summed E-state index contributed by atoms with van der Waals surface area (Å²) in [5, 5.41) is 19.1. The molecule has 0 spiro atoms. The summed E-state index contributed by atoms with van der Waals surface area (Å²) >= 11 is 0.157. The van der Waals surface area contributed by atoms with Gasteiger partial charge in [-0.25, -0.2) is 0 Å². The average molecular weight is 273 g/mol. The molecule has 1 rings (SSSR count). The van der Waals surface area contributed by atoms with Crippen LogP contribution in [0.2, 0.25) is 4.82 Å². The zero-order valence-electron chi connectivity index (χ0n) is 8.97. The summed E-state index contributed by atoms with van der Waals surface area (Å²) in [6.45, 7) is 2.13. The van der Waals surface area contributed by atoms with Crippen LogP contribution in [-0.2, 0) is 0 Å². The van der Waals surface area contributed by atoms with Crippen molar-refractivity contribution in [1.82, 2.24) is 0 Å². The van der Waals surface area contributed by atoms with Gasteiger partial charge in [-0.3, -0.25) is 0 Å². The second-order valence-corrected chi connectivity index (χ2v) is 6.26. The van der Waals surface area contributed by atoms with E-state index >= 15 is 0 Å². The molecule has 2 atom stereocenters. The Kier molecular flexibility index (Phi) is 5.96. The van der Waals surface area contributed by atoms with Crippen molar-refractivity contribution in [2.24, 2.45) is 0 Å². The number of aliphatic hydroxyl groups is 2. The summed E-state index contributed by atoms with van der Waals surface area (Å²) in [6, 6.07) is 10.1. The molecule has 0 bridgehead atoms. The van der Waals surface area contributed by atoms with Gasteiger partial charge in [0.2, 0.25) is 0 Å². The van der Waals surface area contributed by atoms with Gasteiger partial charge in [-0.05, 0) is 0 Å². The molecule has 0 unspecified atom stereocenters. The first kappa shape index (κ1) is 12.7. The third-order valence-corrected chi connectivity index (χ3v) is 4.97. The Morgan fingerprint density at radius 2 is 1.93 bits per heavy atom. The first-order chi connectivity index (χ1) is 7.27. The summed E-state index contributed by atoms with van der Waals surface area (Å²) < 4.78 is 1.24. The van der Waals surface area contributed by atoms with E-state index in [1.54, 1.807) is 0 Å². The van der Waals surface area contributed by atoms with Gasteiger partial charge in [-0.1, -0.05) is 0 Å². The molecule has 3 heteroatoms. The molecular formula is C12H18O2Se. The van der Waals surface area contributed by atoms with E-state index in [9.17, 15) is 10.2 Å². The molecule has 0 aliphatic heterocycles. The Labute approximate surface area is 97.5 Å². The van der Waals surface area contributed by atoms with Crippen LogP contribution in [-0.4, -0.2) is 37.9 Å². The van der Waals surface area contributed by atoms with Crippen molar-refractivity contribution in [3.05, 3.63) is 30.3 Å². The predicted molar refractivity (Wildman–Crippen MR) is 63.6 cm³/mol. The maximum atomic E-state index is 9.83. The summed E-state index contributed by atoms with van der Waals surface area (Å²) in [5.41, 5.74) is 0. The fourth-order valence-corrected chi connectivity index (χ4v) is 3.56. The van der Waals surface area contributed by atoms with Crippen LogP contribution in [0.25, 0.3) is 0 Å². The first-order valence-corrected chi connectivity index (χ1v) is 7.13. The fourth-order valence-electron chi connectivity index (χ4n) is 1.39. The summed E-state index contributed by atoms with van der Waals surface area (Å²) in [7, 11) is 0. The van der Waals surface area contributed by atoms with Gasteiger partial charge in [0.15, 0.2) is 0 Å².